The van der Waals surface area contributed by atoms with Crippen molar-refractivity contribution in [3.63, 3.8) is 0 Å². The van der Waals surface area contributed by atoms with Gasteiger partial charge in [0.25, 0.3) is 0 Å². The van der Waals surface area contributed by atoms with Crippen LogP contribution in [0.15, 0.2) is 59.2 Å². The lowest BCUT2D eigenvalue weighted by atomic mass is 10.0. The molecule has 0 bridgehead atoms. The van der Waals surface area contributed by atoms with Gasteiger partial charge in [-0.25, -0.2) is 4.98 Å². The molecule has 1 aliphatic heterocycles. The van der Waals surface area contributed by atoms with E-state index in [-0.39, 0.29) is 11.5 Å². The summed E-state index contributed by atoms with van der Waals surface area (Å²) in [4.78, 5) is 16.6. The Labute approximate surface area is 186 Å². The van der Waals surface area contributed by atoms with E-state index in [1.54, 1.807) is 6.26 Å². The number of carbonyl (C=O) groups is 1. The van der Waals surface area contributed by atoms with Crippen LogP contribution in [0.2, 0.25) is 0 Å². The van der Waals surface area contributed by atoms with Gasteiger partial charge in [0.15, 0.2) is 11.5 Å². The third-order valence-electron chi connectivity index (χ3n) is 4.79. The summed E-state index contributed by atoms with van der Waals surface area (Å²) < 4.78 is 17.4. The number of ether oxygens (including phenoxy) is 2. The van der Waals surface area contributed by atoms with E-state index in [4.69, 9.17) is 13.9 Å². The normalized spacial score (nSPS) is 14.0. The molecular formula is C24H26N2O4S. The van der Waals surface area contributed by atoms with Gasteiger partial charge >= 0.3 is 0 Å². The predicted molar refractivity (Wildman–Crippen MR) is 121 cm³/mol. The van der Waals surface area contributed by atoms with Crippen LogP contribution in [0.1, 0.15) is 25.1 Å². The molecule has 2 aromatic carbocycles. The summed E-state index contributed by atoms with van der Waals surface area (Å²) in [5, 5.41) is 2.88. The van der Waals surface area contributed by atoms with Crippen LogP contribution in [0.4, 0.5) is 0 Å². The topological polar surface area (TPSA) is 73.6 Å². The fraction of sp³-hybridized carbons (Fsp3) is 0.333. The third kappa shape index (κ3) is 5.61. The molecule has 6 nitrogen and oxygen atoms in total. The van der Waals surface area contributed by atoms with Crippen LogP contribution in [0, 0.1) is 0 Å². The molecule has 0 unspecified atom stereocenters. The second-order valence-corrected chi connectivity index (χ2v) is 8.97. The van der Waals surface area contributed by atoms with E-state index in [1.165, 1.54) is 11.8 Å². The highest BCUT2D eigenvalue weighted by molar-refractivity contribution is 7.99. The van der Waals surface area contributed by atoms with Gasteiger partial charge in [-0.15, -0.1) is 11.8 Å². The van der Waals surface area contributed by atoms with Crippen molar-refractivity contribution in [1.29, 1.82) is 0 Å². The number of hydrogen-bond donors (Lipinski definition) is 1. The summed E-state index contributed by atoms with van der Waals surface area (Å²) in [5.41, 5.74) is 2.71. The molecule has 3 aromatic rings. The van der Waals surface area contributed by atoms with E-state index in [9.17, 15) is 4.79 Å². The van der Waals surface area contributed by atoms with Gasteiger partial charge < -0.3 is 19.2 Å². The smallest absolute Gasteiger partial charge is 0.230 e. The van der Waals surface area contributed by atoms with Crippen molar-refractivity contribution in [2.75, 3.05) is 18.9 Å². The van der Waals surface area contributed by atoms with Crippen molar-refractivity contribution in [2.45, 2.75) is 31.6 Å². The van der Waals surface area contributed by atoms with Gasteiger partial charge in [0, 0.05) is 23.3 Å². The Bertz CT molecular complexity index is 1030. The van der Waals surface area contributed by atoms with Crippen molar-refractivity contribution >= 4 is 17.7 Å². The minimum atomic E-state index is -0.209. The average Bonchev–Trinajstić information content (AvgIpc) is 3.35. The van der Waals surface area contributed by atoms with Crippen LogP contribution >= 0.6 is 11.8 Å². The van der Waals surface area contributed by atoms with E-state index in [0.717, 1.165) is 34.7 Å². The first-order valence-electron chi connectivity index (χ1n) is 10.3. The lowest BCUT2D eigenvalue weighted by Crippen LogP contribution is -2.29. The summed E-state index contributed by atoms with van der Waals surface area (Å²) in [7, 11) is 0. The number of para-hydroxylation sites is 1. The van der Waals surface area contributed by atoms with Gasteiger partial charge in [0.1, 0.15) is 18.5 Å². The van der Waals surface area contributed by atoms with Gasteiger partial charge in [0.2, 0.25) is 11.8 Å². The molecule has 4 rings (SSSR count). The zero-order valence-electron chi connectivity index (χ0n) is 17.7. The molecule has 0 atom stereocenters. The molecule has 1 N–H and O–H groups in total. The van der Waals surface area contributed by atoms with E-state index in [0.29, 0.717) is 30.5 Å². The molecule has 1 aliphatic rings. The van der Waals surface area contributed by atoms with Gasteiger partial charge in [0.05, 0.1) is 18.0 Å². The third-order valence-corrected chi connectivity index (χ3v) is 5.76. The van der Waals surface area contributed by atoms with Crippen LogP contribution in [0.25, 0.3) is 11.5 Å². The Kier molecular flexibility index (Phi) is 6.51. The van der Waals surface area contributed by atoms with Gasteiger partial charge in [-0.1, -0.05) is 30.3 Å². The first-order chi connectivity index (χ1) is 15.0. The number of nitrogens with zero attached hydrogens (tertiary/aromatic N) is 1. The fourth-order valence-electron chi connectivity index (χ4n) is 3.44. The Balaban J connectivity index is 1.15. The number of hydrogen-bond acceptors (Lipinski definition) is 6. The monoisotopic (exact) mass is 438 g/mol. The predicted octanol–water partition coefficient (Wildman–Crippen LogP) is 4.48. The van der Waals surface area contributed by atoms with Crippen molar-refractivity contribution in [3.8, 4) is 23.0 Å². The van der Waals surface area contributed by atoms with Crippen molar-refractivity contribution in [3.05, 3.63) is 66.1 Å². The molecule has 0 spiro atoms. The number of nitrogens with one attached hydrogen (secondary N) is 1. The van der Waals surface area contributed by atoms with E-state index in [2.05, 4.69) is 30.2 Å². The van der Waals surface area contributed by atoms with Gasteiger partial charge in [-0.2, -0.15) is 0 Å². The average molecular weight is 439 g/mol. The van der Waals surface area contributed by atoms with Crippen LogP contribution in [-0.4, -0.2) is 35.4 Å². The second kappa shape index (κ2) is 9.47. The zero-order chi connectivity index (χ0) is 21.7. The Hall–Kier alpha value is -2.93. The van der Waals surface area contributed by atoms with Gasteiger partial charge in [-0.3, -0.25) is 4.79 Å². The highest BCUT2D eigenvalue weighted by atomic mass is 32.2. The number of amides is 1. The van der Waals surface area contributed by atoms with Crippen LogP contribution in [-0.2, 0) is 17.0 Å². The number of benzene rings is 2. The number of aromatic nitrogens is 1. The Morgan fingerprint density at radius 1 is 1.19 bits per heavy atom. The number of rotatable bonds is 9. The summed E-state index contributed by atoms with van der Waals surface area (Å²) in [6.45, 7) is 4.96. The molecule has 0 saturated heterocycles. The largest absolute Gasteiger partial charge is 0.488 e. The minimum Gasteiger partial charge on any atom is -0.488 e. The quantitative estimate of drug-likeness (QED) is 0.497. The highest BCUT2D eigenvalue weighted by Crippen LogP contribution is 2.41. The Morgan fingerprint density at radius 3 is 2.87 bits per heavy atom. The molecule has 0 fully saturated rings. The number of fused-ring (bicyclic) bond motifs is 1. The SMILES string of the molecule is CC1(C)Cc2cccc(OCCNC(=O)CSCc3coc(-c4ccccc4)n3)c2O1. The van der Waals surface area contributed by atoms with Crippen molar-refractivity contribution < 1.29 is 18.7 Å². The molecule has 2 heterocycles. The van der Waals surface area contributed by atoms with Crippen molar-refractivity contribution in [2.24, 2.45) is 0 Å². The molecule has 1 amide bonds. The fourth-order valence-corrected chi connectivity index (χ4v) is 4.17. The van der Waals surface area contributed by atoms with Crippen LogP contribution < -0.4 is 14.8 Å². The zero-order valence-corrected chi connectivity index (χ0v) is 18.5. The maximum atomic E-state index is 12.1. The molecule has 0 aliphatic carbocycles. The van der Waals surface area contributed by atoms with Crippen molar-refractivity contribution in [1.82, 2.24) is 10.3 Å². The number of carbonyl (C=O) groups excluding carboxylic acids is 1. The lowest BCUT2D eigenvalue weighted by Gasteiger charge is -2.18. The summed E-state index contributed by atoms with van der Waals surface area (Å²) in [6.07, 6.45) is 2.51. The maximum absolute atomic E-state index is 12.1. The van der Waals surface area contributed by atoms with Gasteiger partial charge in [-0.05, 0) is 32.0 Å². The summed E-state index contributed by atoms with van der Waals surface area (Å²) in [5.74, 6) is 3.08. The Morgan fingerprint density at radius 2 is 2.03 bits per heavy atom. The number of thioether (sulfide) groups is 1. The summed E-state index contributed by atoms with van der Waals surface area (Å²) >= 11 is 1.50. The molecule has 0 saturated carbocycles. The molecular weight excluding hydrogens is 412 g/mol. The molecule has 0 radical (unpaired) electrons. The molecule has 162 valence electrons. The van der Waals surface area contributed by atoms with Crippen LogP contribution in [0.5, 0.6) is 11.5 Å². The molecule has 31 heavy (non-hydrogen) atoms. The van der Waals surface area contributed by atoms with E-state index in [1.807, 2.05) is 42.5 Å². The lowest BCUT2D eigenvalue weighted by molar-refractivity contribution is -0.118. The maximum Gasteiger partial charge on any atom is 0.230 e. The molecule has 7 heteroatoms. The summed E-state index contributed by atoms with van der Waals surface area (Å²) in [6, 6.07) is 15.7. The second-order valence-electron chi connectivity index (χ2n) is 7.98. The number of oxazole rings is 1. The molecule has 1 aromatic heterocycles. The minimum absolute atomic E-state index is 0.0314. The highest BCUT2D eigenvalue weighted by Gasteiger charge is 2.32. The first-order valence-corrected chi connectivity index (χ1v) is 11.4. The van der Waals surface area contributed by atoms with E-state index < -0.39 is 0 Å². The first kappa shape index (κ1) is 21.3. The van der Waals surface area contributed by atoms with Crippen LogP contribution in [0.3, 0.4) is 0 Å². The van der Waals surface area contributed by atoms with E-state index >= 15 is 0 Å². The standard InChI is InChI=1S/C24H26N2O4S/c1-24(2)13-18-9-6-10-20(22(18)30-24)28-12-11-25-21(27)16-31-15-19-14-29-23(26-19)17-7-4-3-5-8-17/h3-10,14H,11-13,15-16H2,1-2H3,(H,25,27).